The summed E-state index contributed by atoms with van der Waals surface area (Å²) in [6.07, 6.45) is 3.57. The van der Waals surface area contributed by atoms with Crippen molar-refractivity contribution < 1.29 is 4.39 Å². The van der Waals surface area contributed by atoms with Crippen molar-refractivity contribution in [2.24, 2.45) is 5.73 Å². The minimum atomic E-state index is -0.485. The third-order valence-corrected chi connectivity index (χ3v) is 3.39. The summed E-state index contributed by atoms with van der Waals surface area (Å²) in [6, 6.07) is 5.38. The molecule has 3 heteroatoms. The normalized spacial score (nSPS) is 17.3. The lowest BCUT2D eigenvalue weighted by atomic mass is 9.95. The van der Waals surface area contributed by atoms with E-state index in [9.17, 15) is 4.39 Å². The largest absolute Gasteiger partial charge is 0.369 e. The van der Waals surface area contributed by atoms with E-state index >= 15 is 0 Å². The molecule has 0 unspecified atom stereocenters. The monoisotopic (exact) mass is 236 g/mol. The Labute approximate surface area is 103 Å². The number of piperidine rings is 1. The molecule has 2 N–H and O–H groups in total. The number of nitrogens with zero attached hydrogens (tertiary/aromatic N) is 1. The van der Waals surface area contributed by atoms with Crippen LogP contribution in [0.15, 0.2) is 18.2 Å². The molecule has 0 bridgehead atoms. The van der Waals surface area contributed by atoms with Gasteiger partial charge >= 0.3 is 0 Å². The van der Waals surface area contributed by atoms with Gasteiger partial charge in [-0.25, -0.2) is 4.39 Å². The summed E-state index contributed by atoms with van der Waals surface area (Å²) in [6.45, 7) is 5.70. The van der Waals surface area contributed by atoms with E-state index in [2.05, 4.69) is 4.90 Å². The van der Waals surface area contributed by atoms with Gasteiger partial charge in [-0.15, -0.1) is 0 Å². The highest BCUT2D eigenvalue weighted by Gasteiger charge is 2.19. The van der Waals surface area contributed by atoms with E-state index in [0.29, 0.717) is 0 Å². The fourth-order valence-corrected chi connectivity index (χ4v) is 2.30. The second-order valence-corrected chi connectivity index (χ2v) is 5.44. The second-order valence-electron chi connectivity index (χ2n) is 5.44. The predicted octanol–water partition coefficient (Wildman–Crippen LogP) is 3.01. The van der Waals surface area contributed by atoms with Crippen LogP contribution in [0.5, 0.6) is 0 Å². The van der Waals surface area contributed by atoms with E-state index in [1.54, 1.807) is 6.07 Å². The SMILES string of the molecule is CC(C)(N)c1ccc(N2CCCCC2)c(F)c1. The highest BCUT2D eigenvalue weighted by atomic mass is 19.1. The summed E-state index contributed by atoms with van der Waals surface area (Å²) in [5.41, 5.74) is 7.05. The van der Waals surface area contributed by atoms with Gasteiger partial charge in [0, 0.05) is 18.6 Å². The quantitative estimate of drug-likeness (QED) is 0.855. The third-order valence-electron chi connectivity index (χ3n) is 3.39. The van der Waals surface area contributed by atoms with E-state index < -0.39 is 5.54 Å². The van der Waals surface area contributed by atoms with Gasteiger partial charge in [0.25, 0.3) is 0 Å². The van der Waals surface area contributed by atoms with Gasteiger partial charge in [0.2, 0.25) is 0 Å². The van der Waals surface area contributed by atoms with Crippen molar-refractivity contribution >= 4 is 5.69 Å². The maximum Gasteiger partial charge on any atom is 0.146 e. The van der Waals surface area contributed by atoms with Crippen molar-refractivity contribution in [1.82, 2.24) is 0 Å². The minimum absolute atomic E-state index is 0.150. The van der Waals surface area contributed by atoms with E-state index in [1.165, 1.54) is 6.42 Å². The number of anilines is 1. The summed E-state index contributed by atoms with van der Waals surface area (Å²) >= 11 is 0. The third kappa shape index (κ3) is 2.78. The van der Waals surface area contributed by atoms with E-state index in [0.717, 1.165) is 37.2 Å². The molecule has 1 saturated heterocycles. The summed E-state index contributed by atoms with van der Waals surface area (Å²) in [5, 5.41) is 0. The first-order valence-corrected chi connectivity index (χ1v) is 6.32. The summed E-state index contributed by atoms with van der Waals surface area (Å²) < 4.78 is 14.1. The molecule has 1 fully saturated rings. The van der Waals surface area contributed by atoms with Gasteiger partial charge in [-0.1, -0.05) is 6.07 Å². The number of benzene rings is 1. The molecule has 0 radical (unpaired) electrons. The number of halogens is 1. The molecule has 17 heavy (non-hydrogen) atoms. The maximum atomic E-state index is 14.1. The standard InChI is InChI=1S/C14H21FN2/c1-14(2,16)11-6-7-13(12(15)10-11)17-8-4-3-5-9-17/h6-7,10H,3-5,8-9,16H2,1-2H3. The van der Waals surface area contributed by atoms with Gasteiger partial charge in [0.05, 0.1) is 5.69 Å². The zero-order valence-electron chi connectivity index (χ0n) is 10.7. The average Bonchev–Trinajstić information content (AvgIpc) is 2.29. The van der Waals surface area contributed by atoms with E-state index in [1.807, 2.05) is 26.0 Å². The molecule has 0 aliphatic carbocycles. The van der Waals surface area contributed by atoms with Gasteiger partial charge < -0.3 is 10.6 Å². The zero-order valence-corrected chi connectivity index (χ0v) is 10.7. The summed E-state index contributed by atoms with van der Waals surface area (Å²) in [5.74, 6) is -0.150. The first-order valence-electron chi connectivity index (χ1n) is 6.32. The fourth-order valence-electron chi connectivity index (χ4n) is 2.30. The van der Waals surface area contributed by atoms with Crippen LogP contribution in [0.25, 0.3) is 0 Å². The first kappa shape index (κ1) is 12.4. The Hall–Kier alpha value is -1.09. The summed E-state index contributed by atoms with van der Waals surface area (Å²) in [7, 11) is 0. The van der Waals surface area contributed by atoms with Crippen molar-refractivity contribution in [2.75, 3.05) is 18.0 Å². The van der Waals surface area contributed by atoms with Crippen LogP contribution in [-0.4, -0.2) is 13.1 Å². The highest BCUT2D eigenvalue weighted by Crippen LogP contribution is 2.27. The van der Waals surface area contributed by atoms with Crippen LogP contribution in [0, 0.1) is 5.82 Å². The lowest BCUT2D eigenvalue weighted by Gasteiger charge is -2.30. The van der Waals surface area contributed by atoms with Gasteiger partial charge in [0.1, 0.15) is 5.82 Å². The Morgan fingerprint density at radius 2 is 1.82 bits per heavy atom. The van der Waals surface area contributed by atoms with Gasteiger partial charge in [-0.05, 0) is 50.8 Å². The molecule has 0 aromatic heterocycles. The Kier molecular flexibility index (Phi) is 3.38. The van der Waals surface area contributed by atoms with Crippen LogP contribution in [0.1, 0.15) is 38.7 Å². The molecular formula is C14H21FN2. The van der Waals surface area contributed by atoms with Gasteiger partial charge in [-0.3, -0.25) is 0 Å². The fraction of sp³-hybridized carbons (Fsp3) is 0.571. The molecule has 0 amide bonds. The molecule has 1 aliphatic heterocycles. The van der Waals surface area contributed by atoms with Gasteiger partial charge in [0.15, 0.2) is 0 Å². The van der Waals surface area contributed by atoms with Crippen LogP contribution in [0.3, 0.4) is 0 Å². The minimum Gasteiger partial charge on any atom is -0.369 e. The van der Waals surface area contributed by atoms with E-state index in [-0.39, 0.29) is 5.82 Å². The molecule has 1 aromatic rings. The number of rotatable bonds is 2. The molecule has 1 aromatic carbocycles. The predicted molar refractivity (Wildman–Crippen MR) is 69.7 cm³/mol. The number of hydrogen-bond acceptors (Lipinski definition) is 2. The molecule has 0 spiro atoms. The molecule has 0 atom stereocenters. The highest BCUT2D eigenvalue weighted by molar-refractivity contribution is 5.50. The smallest absolute Gasteiger partial charge is 0.146 e. The van der Waals surface area contributed by atoms with Crippen molar-refractivity contribution in [3.05, 3.63) is 29.6 Å². The molecule has 1 aliphatic rings. The Morgan fingerprint density at radius 3 is 2.35 bits per heavy atom. The van der Waals surface area contributed by atoms with Crippen LogP contribution in [0.2, 0.25) is 0 Å². The van der Waals surface area contributed by atoms with Crippen molar-refractivity contribution in [1.29, 1.82) is 0 Å². The van der Waals surface area contributed by atoms with Crippen LogP contribution < -0.4 is 10.6 Å². The topological polar surface area (TPSA) is 29.3 Å². The summed E-state index contributed by atoms with van der Waals surface area (Å²) in [4.78, 5) is 2.13. The first-order chi connectivity index (χ1) is 7.98. The molecule has 0 saturated carbocycles. The zero-order chi connectivity index (χ0) is 12.5. The molecule has 94 valence electrons. The Balaban J connectivity index is 2.25. The number of hydrogen-bond donors (Lipinski definition) is 1. The molecule has 1 heterocycles. The number of nitrogens with two attached hydrogens (primary N) is 1. The van der Waals surface area contributed by atoms with Crippen molar-refractivity contribution in [3.63, 3.8) is 0 Å². The molecular weight excluding hydrogens is 215 g/mol. The maximum absolute atomic E-state index is 14.1. The lowest BCUT2D eigenvalue weighted by Crippen LogP contribution is -2.31. The van der Waals surface area contributed by atoms with Crippen molar-refractivity contribution in [2.45, 2.75) is 38.6 Å². The van der Waals surface area contributed by atoms with E-state index in [4.69, 9.17) is 5.73 Å². The molecule has 2 rings (SSSR count). The van der Waals surface area contributed by atoms with Crippen LogP contribution in [-0.2, 0) is 5.54 Å². The van der Waals surface area contributed by atoms with Gasteiger partial charge in [-0.2, -0.15) is 0 Å². The Bertz CT molecular complexity index is 390. The average molecular weight is 236 g/mol. The van der Waals surface area contributed by atoms with Crippen molar-refractivity contribution in [3.8, 4) is 0 Å². The van der Waals surface area contributed by atoms with Crippen LogP contribution in [0.4, 0.5) is 10.1 Å². The van der Waals surface area contributed by atoms with Crippen LogP contribution >= 0.6 is 0 Å². The second kappa shape index (κ2) is 4.65. The lowest BCUT2D eigenvalue weighted by molar-refractivity contribution is 0.535. The molecule has 2 nitrogen and oxygen atoms in total. The Morgan fingerprint density at radius 1 is 1.18 bits per heavy atom.